The minimum atomic E-state index is -0.400. The number of hydrogen-bond acceptors (Lipinski definition) is 8. The molecule has 0 saturated heterocycles. The molecule has 0 fully saturated rings. The molecule has 1 unspecified atom stereocenters. The summed E-state index contributed by atoms with van der Waals surface area (Å²) in [6, 6.07) is 0. The first-order chi connectivity index (χ1) is 10.9. The Bertz CT molecular complexity index is 758. The lowest BCUT2D eigenvalue weighted by atomic mass is 10.2. The molecule has 0 bridgehead atoms. The number of methoxy groups -OCH3 is 1. The maximum Gasteiger partial charge on any atom is 0.348 e. The summed E-state index contributed by atoms with van der Waals surface area (Å²) < 4.78 is 9.84. The van der Waals surface area contributed by atoms with Crippen molar-refractivity contribution in [3.8, 4) is 0 Å². The molecule has 2 rings (SSSR count). The summed E-state index contributed by atoms with van der Waals surface area (Å²) in [7, 11) is 1.36. The number of nitrogens with zero attached hydrogens (tertiary/aromatic N) is 2. The average molecular weight is 354 g/mol. The Balaban J connectivity index is 2.52. The highest BCUT2D eigenvalue weighted by Gasteiger charge is 2.23. The van der Waals surface area contributed by atoms with Gasteiger partial charge < -0.3 is 9.47 Å². The number of esters is 2. The first-order valence-electron chi connectivity index (χ1n) is 7.08. The third-order valence-electron chi connectivity index (χ3n) is 3.15. The van der Waals surface area contributed by atoms with Gasteiger partial charge in [0.2, 0.25) is 0 Å². The Morgan fingerprint density at radius 3 is 2.61 bits per heavy atom. The molecule has 8 heteroatoms. The second-order valence-electron chi connectivity index (χ2n) is 4.82. The fourth-order valence-corrected chi connectivity index (χ4v) is 4.33. The van der Waals surface area contributed by atoms with E-state index in [9.17, 15) is 9.59 Å². The SMILES string of the molecule is CCOC(=O)c1sc2nc(C)nc(SC(C)C(=O)OC)c2c1C. The van der Waals surface area contributed by atoms with E-state index in [2.05, 4.69) is 9.97 Å². The number of thiophene rings is 1. The van der Waals surface area contributed by atoms with E-state index in [0.717, 1.165) is 15.8 Å². The second kappa shape index (κ2) is 7.27. The number of aromatic nitrogens is 2. The van der Waals surface area contributed by atoms with Crippen molar-refractivity contribution < 1.29 is 19.1 Å². The van der Waals surface area contributed by atoms with E-state index in [0.29, 0.717) is 22.3 Å². The Kier molecular flexibility index (Phi) is 5.59. The molecular formula is C15H18N2O4S2. The average Bonchev–Trinajstić information content (AvgIpc) is 2.83. The quantitative estimate of drug-likeness (QED) is 0.464. The molecule has 0 aliphatic heterocycles. The highest BCUT2D eigenvalue weighted by molar-refractivity contribution is 8.00. The van der Waals surface area contributed by atoms with E-state index in [-0.39, 0.29) is 11.9 Å². The molecule has 1 atom stereocenters. The van der Waals surface area contributed by atoms with E-state index < -0.39 is 5.25 Å². The smallest absolute Gasteiger partial charge is 0.348 e. The predicted octanol–water partition coefficient (Wildman–Crippen LogP) is 3.14. The lowest BCUT2D eigenvalue weighted by Crippen LogP contribution is -2.15. The highest BCUT2D eigenvalue weighted by atomic mass is 32.2. The molecule has 124 valence electrons. The van der Waals surface area contributed by atoms with E-state index >= 15 is 0 Å². The standard InChI is InChI=1S/C15H18N2O4S2/c1-6-21-15(19)11-7(2)10-12(22-8(3)14(18)20-5)16-9(4)17-13(10)23-11/h8H,6H2,1-5H3. The van der Waals surface area contributed by atoms with Gasteiger partial charge in [0.1, 0.15) is 25.8 Å². The Hall–Kier alpha value is -1.67. The molecule has 0 amide bonds. The monoisotopic (exact) mass is 354 g/mol. The minimum Gasteiger partial charge on any atom is -0.468 e. The Morgan fingerprint density at radius 1 is 1.30 bits per heavy atom. The van der Waals surface area contributed by atoms with Gasteiger partial charge in [-0.05, 0) is 33.3 Å². The van der Waals surface area contributed by atoms with Gasteiger partial charge in [0.15, 0.2) is 0 Å². The van der Waals surface area contributed by atoms with E-state index in [4.69, 9.17) is 9.47 Å². The number of carbonyl (C=O) groups is 2. The van der Waals surface area contributed by atoms with Crippen molar-refractivity contribution in [2.75, 3.05) is 13.7 Å². The van der Waals surface area contributed by atoms with Crippen molar-refractivity contribution in [2.45, 2.75) is 38.0 Å². The zero-order chi connectivity index (χ0) is 17.1. The largest absolute Gasteiger partial charge is 0.468 e. The van der Waals surface area contributed by atoms with Crippen LogP contribution in [-0.4, -0.2) is 40.9 Å². The van der Waals surface area contributed by atoms with Crippen LogP contribution in [0.3, 0.4) is 0 Å². The van der Waals surface area contributed by atoms with Crippen LogP contribution < -0.4 is 0 Å². The van der Waals surface area contributed by atoms with Gasteiger partial charge >= 0.3 is 11.9 Å². The van der Waals surface area contributed by atoms with Crippen LogP contribution in [0.4, 0.5) is 0 Å². The summed E-state index contributed by atoms with van der Waals surface area (Å²) in [5.74, 6) is -0.0886. The van der Waals surface area contributed by atoms with E-state index in [1.54, 1.807) is 20.8 Å². The molecule has 2 heterocycles. The highest BCUT2D eigenvalue weighted by Crippen LogP contribution is 2.37. The van der Waals surface area contributed by atoms with E-state index in [1.165, 1.54) is 30.2 Å². The summed E-state index contributed by atoms with van der Waals surface area (Å²) >= 11 is 2.59. The zero-order valence-electron chi connectivity index (χ0n) is 13.6. The lowest BCUT2D eigenvalue weighted by molar-refractivity contribution is -0.139. The van der Waals surface area contributed by atoms with Crippen molar-refractivity contribution >= 4 is 45.3 Å². The summed E-state index contributed by atoms with van der Waals surface area (Å²) in [6.45, 7) is 7.47. The van der Waals surface area contributed by atoms with Crippen molar-refractivity contribution in [2.24, 2.45) is 0 Å². The molecule has 0 radical (unpaired) electrons. The fourth-order valence-electron chi connectivity index (χ4n) is 2.06. The van der Waals surface area contributed by atoms with Crippen molar-refractivity contribution in [1.82, 2.24) is 9.97 Å². The Labute approximate surface area is 142 Å². The number of fused-ring (bicyclic) bond motifs is 1. The van der Waals surface area contributed by atoms with Crippen LogP contribution in [0.1, 0.15) is 34.9 Å². The molecule has 0 aromatic carbocycles. The summed E-state index contributed by atoms with van der Waals surface area (Å²) in [4.78, 5) is 33.8. The Morgan fingerprint density at radius 2 is 2.00 bits per heavy atom. The molecule has 0 N–H and O–H groups in total. The number of aryl methyl sites for hydroxylation is 2. The van der Waals surface area contributed by atoms with Crippen molar-refractivity contribution in [3.63, 3.8) is 0 Å². The number of ether oxygens (including phenoxy) is 2. The molecule has 0 spiro atoms. The summed E-state index contributed by atoms with van der Waals surface area (Å²) in [5.41, 5.74) is 0.781. The van der Waals surface area contributed by atoms with Gasteiger partial charge in [-0.3, -0.25) is 4.79 Å². The maximum atomic E-state index is 12.1. The molecule has 0 saturated carbocycles. The van der Waals surface area contributed by atoms with Crippen LogP contribution in [0, 0.1) is 13.8 Å². The fraction of sp³-hybridized carbons (Fsp3) is 0.467. The normalized spacial score (nSPS) is 12.2. The van der Waals surface area contributed by atoms with Crippen molar-refractivity contribution in [1.29, 1.82) is 0 Å². The minimum absolute atomic E-state index is 0.318. The number of carbonyl (C=O) groups excluding carboxylic acids is 2. The number of hydrogen-bond donors (Lipinski definition) is 0. The van der Waals surface area contributed by atoms with Gasteiger partial charge in [0.25, 0.3) is 0 Å². The zero-order valence-corrected chi connectivity index (χ0v) is 15.3. The number of rotatable bonds is 5. The van der Waals surface area contributed by atoms with Gasteiger partial charge in [0, 0.05) is 5.39 Å². The van der Waals surface area contributed by atoms with Gasteiger partial charge in [-0.1, -0.05) is 11.8 Å². The van der Waals surface area contributed by atoms with Gasteiger partial charge in [-0.25, -0.2) is 14.8 Å². The van der Waals surface area contributed by atoms with Gasteiger partial charge in [0.05, 0.1) is 13.7 Å². The van der Waals surface area contributed by atoms with Crippen LogP contribution in [0.5, 0.6) is 0 Å². The third-order valence-corrected chi connectivity index (χ3v) is 5.38. The topological polar surface area (TPSA) is 78.4 Å². The molecule has 2 aromatic heterocycles. The van der Waals surface area contributed by atoms with Crippen LogP contribution in [0.15, 0.2) is 5.03 Å². The summed E-state index contributed by atoms with van der Waals surface area (Å²) in [5, 5.41) is 1.07. The molecule has 6 nitrogen and oxygen atoms in total. The van der Waals surface area contributed by atoms with Crippen LogP contribution in [0.25, 0.3) is 10.2 Å². The van der Waals surface area contributed by atoms with E-state index in [1.807, 2.05) is 6.92 Å². The molecule has 2 aromatic rings. The molecule has 23 heavy (non-hydrogen) atoms. The second-order valence-corrected chi connectivity index (χ2v) is 7.14. The molecule has 0 aliphatic rings. The first kappa shape index (κ1) is 17.7. The number of thioether (sulfide) groups is 1. The van der Waals surface area contributed by atoms with Crippen LogP contribution >= 0.6 is 23.1 Å². The lowest BCUT2D eigenvalue weighted by Gasteiger charge is -2.10. The summed E-state index contributed by atoms with van der Waals surface area (Å²) in [6.07, 6.45) is 0. The van der Waals surface area contributed by atoms with Crippen LogP contribution in [-0.2, 0) is 14.3 Å². The third kappa shape index (κ3) is 3.64. The molecular weight excluding hydrogens is 336 g/mol. The van der Waals surface area contributed by atoms with Crippen LogP contribution in [0.2, 0.25) is 0 Å². The predicted molar refractivity (Wildman–Crippen MR) is 90.2 cm³/mol. The maximum absolute atomic E-state index is 12.1. The van der Waals surface area contributed by atoms with Crippen molar-refractivity contribution in [3.05, 3.63) is 16.3 Å². The van der Waals surface area contributed by atoms with Gasteiger partial charge in [-0.2, -0.15) is 0 Å². The van der Waals surface area contributed by atoms with Gasteiger partial charge in [-0.15, -0.1) is 11.3 Å². The molecule has 0 aliphatic carbocycles. The first-order valence-corrected chi connectivity index (χ1v) is 8.78.